The van der Waals surface area contributed by atoms with Crippen molar-refractivity contribution >= 4 is 11.7 Å². The van der Waals surface area contributed by atoms with E-state index < -0.39 is 0 Å². The molecule has 2 aromatic rings. The maximum Gasteiger partial charge on any atom is 0.258 e. The van der Waals surface area contributed by atoms with Gasteiger partial charge in [-0.2, -0.15) is 0 Å². The van der Waals surface area contributed by atoms with Crippen molar-refractivity contribution in [1.29, 1.82) is 0 Å². The highest BCUT2D eigenvalue weighted by molar-refractivity contribution is 6.03. The molecular formula is C15H14N4O. The molecule has 0 spiro atoms. The van der Waals surface area contributed by atoms with Gasteiger partial charge in [0.25, 0.3) is 5.91 Å². The van der Waals surface area contributed by atoms with E-state index in [1.807, 2.05) is 6.92 Å². The van der Waals surface area contributed by atoms with Gasteiger partial charge in [-0.15, -0.1) is 0 Å². The number of nitrogens with two attached hydrogens (primary N) is 1. The topological polar surface area (TPSA) is 80.9 Å². The lowest BCUT2D eigenvalue weighted by molar-refractivity contribution is 0.102. The third-order valence-corrected chi connectivity index (χ3v) is 2.51. The molecule has 0 fully saturated rings. The number of aryl methyl sites for hydroxylation is 1. The van der Waals surface area contributed by atoms with Crippen LogP contribution in [-0.2, 0) is 0 Å². The third kappa shape index (κ3) is 3.64. The van der Waals surface area contributed by atoms with Crippen LogP contribution < -0.4 is 11.1 Å². The number of carbonyl (C=O) groups is 1. The second kappa shape index (κ2) is 6.45. The van der Waals surface area contributed by atoms with E-state index in [0.717, 1.165) is 11.3 Å². The molecule has 0 bridgehead atoms. The van der Waals surface area contributed by atoms with Crippen LogP contribution in [-0.4, -0.2) is 22.4 Å². The zero-order valence-electron chi connectivity index (χ0n) is 11.1. The van der Waals surface area contributed by atoms with Gasteiger partial charge in [0.2, 0.25) is 0 Å². The van der Waals surface area contributed by atoms with Crippen molar-refractivity contribution in [3.8, 4) is 11.8 Å². The lowest BCUT2D eigenvalue weighted by Gasteiger charge is -2.04. The van der Waals surface area contributed by atoms with Gasteiger partial charge in [0.1, 0.15) is 5.82 Å². The van der Waals surface area contributed by atoms with E-state index in [1.165, 1.54) is 6.20 Å². The fraction of sp³-hybridized carbons (Fsp3) is 0.133. The average molecular weight is 266 g/mol. The van der Waals surface area contributed by atoms with Crippen molar-refractivity contribution in [3.63, 3.8) is 0 Å². The van der Waals surface area contributed by atoms with Gasteiger partial charge in [0.05, 0.1) is 12.1 Å². The van der Waals surface area contributed by atoms with Crippen LogP contribution in [0.2, 0.25) is 0 Å². The molecule has 100 valence electrons. The Bertz CT molecular complexity index is 668. The summed E-state index contributed by atoms with van der Waals surface area (Å²) < 4.78 is 0. The minimum Gasteiger partial charge on any atom is -0.320 e. The van der Waals surface area contributed by atoms with Crippen molar-refractivity contribution in [3.05, 3.63) is 53.5 Å². The quantitative estimate of drug-likeness (QED) is 0.804. The number of nitrogens with one attached hydrogen (secondary N) is 1. The van der Waals surface area contributed by atoms with Crippen LogP contribution >= 0.6 is 0 Å². The van der Waals surface area contributed by atoms with Crippen molar-refractivity contribution < 1.29 is 4.79 Å². The number of aromatic nitrogens is 2. The second-order valence-corrected chi connectivity index (χ2v) is 4.08. The first-order valence-corrected chi connectivity index (χ1v) is 6.08. The highest BCUT2D eigenvalue weighted by Gasteiger charge is 2.07. The van der Waals surface area contributed by atoms with Gasteiger partial charge in [-0.25, -0.2) is 4.98 Å². The first-order chi connectivity index (χ1) is 9.69. The van der Waals surface area contributed by atoms with Crippen LogP contribution in [0.1, 0.15) is 21.6 Å². The monoisotopic (exact) mass is 266 g/mol. The minimum absolute atomic E-state index is 0.256. The molecule has 0 unspecified atom stereocenters. The van der Waals surface area contributed by atoms with E-state index in [4.69, 9.17) is 5.73 Å². The Morgan fingerprint density at radius 3 is 2.90 bits per heavy atom. The van der Waals surface area contributed by atoms with Crippen molar-refractivity contribution in [2.24, 2.45) is 5.73 Å². The van der Waals surface area contributed by atoms with E-state index in [2.05, 4.69) is 27.1 Å². The SMILES string of the molecule is Cc1ccc(C(=O)Nc2cc(C#CCN)ccn2)cn1. The molecule has 1 amide bonds. The fourth-order valence-corrected chi connectivity index (χ4v) is 1.52. The summed E-state index contributed by atoms with van der Waals surface area (Å²) in [7, 11) is 0. The van der Waals surface area contributed by atoms with Crippen LogP contribution in [0.3, 0.4) is 0 Å². The Labute approximate surface area is 117 Å². The van der Waals surface area contributed by atoms with Crippen LogP contribution in [0.4, 0.5) is 5.82 Å². The van der Waals surface area contributed by atoms with Crippen molar-refractivity contribution in [1.82, 2.24) is 9.97 Å². The average Bonchev–Trinajstić information content (AvgIpc) is 2.46. The number of rotatable bonds is 2. The van der Waals surface area contributed by atoms with Gasteiger partial charge in [0.15, 0.2) is 0 Å². The van der Waals surface area contributed by atoms with Crippen LogP contribution in [0.5, 0.6) is 0 Å². The van der Waals surface area contributed by atoms with Crippen molar-refractivity contribution in [2.75, 3.05) is 11.9 Å². The standard InChI is InChI=1S/C15H14N4O/c1-11-4-5-13(10-18-11)15(20)19-14-9-12(3-2-7-16)6-8-17-14/h4-6,8-10H,7,16H2,1H3,(H,17,19,20). The molecule has 5 heteroatoms. The molecule has 20 heavy (non-hydrogen) atoms. The largest absolute Gasteiger partial charge is 0.320 e. The van der Waals surface area contributed by atoms with Gasteiger partial charge < -0.3 is 11.1 Å². The van der Waals surface area contributed by atoms with Crippen molar-refractivity contribution in [2.45, 2.75) is 6.92 Å². The maximum absolute atomic E-state index is 12.0. The molecule has 3 N–H and O–H groups in total. The molecule has 0 aliphatic heterocycles. The second-order valence-electron chi connectivity index (χ2n) is 4.08. The highest BCUT2D eigenvalue weighted by atomic mass is 16.1. The molecule has 2 rings (SSSR count). The number of amides is 1. The molecular weight excluding hydrogens is 252 g/mol. The molecule has 0 aromatic carbocycles. The van der Waals surface area contributed by atoms with Crippen LogP contribution in [0.15, 0.2) is 36.7 Å². The Morgan fingerprint density at radius 1 is 1.35 bits per heavy atom. The molecule has 0 aliphatic rings. The van der Waals surface area contributed by atoms with Crippen LogP contribution in [0.25, 0.3) is 0 Å². The Morgan fingerprint density at radius 2 is 2.20 bits per heavy atom. The van der Waals surface area contributed by atoms with E-state index >= 15 is 0 Å². The summed E-state index contributed by atoms with van der Waals surface area (Å²) in [6, 6.07) is 6.95. The summed E-state index contributed by atoms with van der Waals surface area (Å²) in [5.41, 5.74) is 7.41. The first kappa shape index (κ1) is 13.7. The van der Waals surface area contributed by atoms with Gasteiger partial charge in [-0.05, 0) is 31.2 Å². The van der Waals surface area contributed by atoms with Gasteiger partial charge in [0, 0.05) is 23.7 Å². The number of anilines is 1. The molecule has 0 radical (unpaired) electrons. The molecule has 2 aromatic heterocycles. The Hall–Kier alpha value is -2.71. The summed E-state index contributed by atoms with van der Waals surface area (Å²) in [5, 5.41) is 2.71. The van der Waals surface area contributed by atoms with E-state index in [-0.39, 0.29) is 5.91 Å². The van der Waals surface area contributed by atoms with E-state index in [9.17, 15) is 4.79 Å². The summed E-state index contributed by atoms with van der Waals surface area (Å²) in [4.78, 5) is 20.2. The van der Waals surface area contributed by atoms with E-state index in [0.29, 0.717) is 17.9 Å². The van der Waals surface area contributed by atoms with Crippen LogP contribution in [0, 0.1) is 18.8 Å². The normalized spacial score (nSPS) is 9.50. The number of nitrogens with zero attached hydrogens (tertiary/aromatic N) is 2. The maximum atomic E-state index is 12.0. The predicted octanol–water partition coefficient (Wildman–Crippen LogP) is 1.35. The third-order valence-electron chi connectivity index (χ3n) is 2.51. The summed E-state index contributed by atoms with van der Waals surface area (Å²) in [5.74, 6) is 5.83. The first-order valence-electron chi connectivity index (χ1n) is 6.08. The molecule has 5 nitrogen and oxygen atoms in total. The molecule has 0 saturated carbocycles. The Kier molecular flexibility index (Phi) is 4.43. The number of carbonyl (C=O) groups excluding carboxylic acids is 1. The van der Waals surface area contributed by atoms with Gasteiger partial charge >= 0.3 is 0 Å². The van der Waals surface area contributed by atoms with Gasteiger partial charge in [-0.1, -0.05) is 11.8 Å². The Balaban J connectivity index is 2.13. The van der Waals surface area contributed by atoms with Gasteiger partial charge in [-0.3, -0.25) is 9.78 Å². The summed E-state index contributed by atoms with van der Waals surface area (Å²) >= 11 is 0. The lowest BCUT2D eigenvalue weighted by Crippen LogP contribution is -2.13. The van der Waals surface area contributed by atoms with E-state index in [1.54, 1.807) is 30.5 Å². The molecule has 0 saturated heterocycles. The number of hydrogen-bond acceptors (Lipinski definition) is 4. The number of pyridine rings is 2. The molecule has 2 heterocycles. The minimum atomic E-state index is -0.256. The number of hydrogen-bond donors (Lipinski definition) is 2. The summed E-state index contributed by atoms with van der Waals surface area (Å²) in [6.45, 7) is 2.15. The predicted molar refractivity (Wildman–Crippen MR) is 77.1 cm³/mol. The fourth-order valence-electron chi connectivity index (χ4n) is 1.52. The smallest absolute Gasteiger partial charge is 0.258 e. The zero-order valence-corrected chi connectivity index (χ0v) is 11.1. The zero-order chi connectivity index (χ0) is 14.4. The molecule has 0 aliphatic carbocycles. The lowest BCUT2D eigenvalue weighted by atomic mass is 10.2. The molecule has 0 atom stereocenters. The summed E-state index contributed by atoms with van der Waals surface area (Å²) in [6.07, 6.45) is 3.12. The highest BCUT2D eigenvalue weighted by Crippen LogP contribution is 2.08.